The lowest BCUT2D eigenvalue weighted by molar-refractivity contribution is -0.137. The second-order valence-electron chi connectivity index (χ2n) is 6.82. The highest BCUT2D eigenvalue weighted by Crippen LogP contribution is 2.34. The summed E-state index contributed by atoms with van der Waals surface area (Å²) in [5, 5.41) is 12.3. The van der Waals surface area contributed by atoms with Crippen LogP contribution in [0.2, 0.25) is 5.02 Å². The molecule has 1 amide bonds. The van der Waals surface area contributed by atoms with Crippen molar-refractivity contribution in [2.75, 3.05) is 11.1 Å². The number of aliphatic hydroxyl groups excluding tert-OH is 1. The fraction of sp³-hybridized carbons (Fsp3) is 0.238. The first-order valence-corrected chi connectivity index (χ1v) is 10.5. The monoisotopic (exact) mass is 469 g/mol. The van der Waals surface area contributed by atoms with Crippen LogP contribution in [0.5, 0.6) is 0 Å². The van der Waals surface area contributed by atoms with Crippen molar-refractivity contribution in [2.24, 2.45) is 0 Å². The zero-order valence-corrected chi connectivity index (χ0v) is 18.0. The summed E-state index contributed by atoms with van der Waals surface area (Å²) in [6.45, 7) is 2.23. The molecule has 0 saturated heterocycles. The summed E-state index contributed by atoms with van der Waals surface area (Å²) in [5.41, 5.74) is 1.60. The van der Waals surface area contributed by atoms with Crippen LogP contribution >= 0.6 is 23.4 Å². The van der Waals surface area contributed by atoms with E-state index in [2.05, 4.69) is 10.3 Å². The van der Waals surface area contributed by atoms with Crippen molar-refractivity contribution in [1.82, 2.24) is 9.55 Å². The van der Waals surface area contributed by atoms with Crippen LogP contribution in [0.3, 0.4) is 0 Å². The highest BCUT2D eigenvalue weighted by molar-refractivity contribution is 7.99. The van der Waals surface area contributed by atoms with Crippen molar-refractivity contribution in [3.63, 3.8) is 0 Å². The number of aliphatic hydroxyl groups is 1. The zero-order valence-electron chi connectivity index (χ0n) is 16.4. The normalized spacial score (nSPS) is 11.5. The summed E-state index contributed by atoms with van der Waals surface area (Å²) in [6.07, 6.45) is -2.84. The van der Waals surface area contributed by atoms with Crippen LogP contribution < -0.4 is 5.32 Å². The zero-order chi connectivity index (χ0) is 22.6. The van der Waals surface area contributed by atoms with Gasteiger partial charge in [0, 0.05) is 12.7 Å². The van der Waals surface area contributed by atoms with E-state index < -0.39 is 17.6 Å². The second kappa shape index (κ2) is 9.76. The van der Waals surface area contributed by atoms with Crippen LogP contribution in [-0.4, -0.2) is 26.3 Å². The Morgan fingerprint density at radius 1 is 1.23 bits per heavy atom. The van der Waals surface area contributed by atoms with E-state index >= 15 is 0 Å². The Morgan fingerprint density at radius 3 is 2.58 bits per heavy atom. The maximum atomic E-state index is 12.9. The Kier molecular flexibility index (Phi) is 7.30. The van der Waals surface area contributed by atoms with E-state index in [4.69, 9.17) is 11.6 Å². The standard InChI is InChI=1S/C21H19ClF3N3O2S/c1-13-2-4-14(5-3-13)9-28-10-16(11-29)26-20(28)31-12-19(30)27-18-8-15(21(23,24)25)6-7-17(18)22/h2-8,10,29H,9,11-12H2,1H3,(H,27,30). The summed E-state index contributed by atoms with van der Waals surface area (Å²) in [6, 6.07) is 10.7. The summed E-state index contributed by atoms with van der Waals surface area (Å²) >= 11 is 7.04. The van der Waals surface area contributed by atoms with E-state index in [-0.39, 0.29) is 23.1 Å². The van der Waals surface area contributed by atoms with Gasteiger partial charge in [-0.15, -0.1) is 0 Å². The number of rotatable bonds is 7. The van der Waals surface area contributed by atoms with Crippen LogP contribution in [0.25, 0.3) is 0 Å². The molecule has 2 aromatic carbocycles. The Balaban J connectivity index is 1.69. The maximum Gasteiger partial charge on any atom is 0.416 e. The SMILES string of the molecule is Cc1ccc(Cn2cc(CO)nc2SCC(=O)Nc2cc(C(F)(F)F)ccc2Cl)cc1. The first-order chi connectivity index (χ1) is 14.7. The predicted molar refractivity (Wildman–Crippen MR) is 114 cm³/mol. The van der Waals surface area contributed by atoms with Crippen molar-refractivity contribution in [2.45, 2.75) is 31.4 Å². The summed E-state index contributed by atoms with van der Waals surface area (Å²) < 4.78 is 40.5. The number of nitrogens with one attached hydrogen (secondary N) is 1. The van der Waals surface area contributed by atoms with Crippen molar-refractivity contribution < 1.29 is 23.1 Å². The fourth-order valence-corrected chi connectivity index (χ4v) is 3.72. The summed E-state index contributed by atoms with van der Waals surface area (Å²) in [4.78, 5) is 16.6. The number of anilines is 1. The molecule has 2 N–H and O–H groups in total. The van der Waals surface area contributed by atoms with Gasteiger partial charge in [-0.3, -0.25) is 4.79 Å². The number of thioether (sulfide) groups is 1. The molecule has 0 atom stereocenters. The van der Waals surface area contributed by atoms with Gasteiger partial charge in [0.1, 0.15) is 0 Å². The van der Waals surface area contributed by atoms with Crippen LogP contribution in [0.4, 0.5) is 18.9 Å². The molecule has 10 heteroatoms. The third-order valence-electron chi connectivity index (χ3n) is 4.33. The van der Waals surface area contributed by atoms with E-state index in [1.54, 1.807) is 6.20 Å². The molecule has 0 bridgehead atoms. The molecule has 0 spiro atoms. The number of nitrogens with zero attached hydrogens (tertiary/aromatic N) is 2. The number of alkyl halides is 3. The van der Waals surface area contributed by atoms with Crippen LogP contribution in [-0.2, 0) is 24.1 Å². The van der Waals surface area contributed by atoms with Gasteiger partial charge >= 0.3 is 6.18 Å². The lowest BCUT2D eigenvalue weighted by Crippen LogP contribution is -2.16. The van der Waals surface area contributed by atoms with Gasteiger partial charge in [0.25, 0.3) is 0 Å². The smallest absolute Gasteiger partial charge is 0.390 e. The number of carbonyl (C=O) groups excluding carboxylic acids is 1. The molecule has 0 fully saturated rings. The number of benzene rings is 2. The molecule has 0 saturated carbocycles. The number of hydrogen-bond donors (Lipinski definition) is 2. The van der Waals surface area contributed by atoms with Gasteiger partial charge in [0.05, 0.1) is 34.3 Å². The molecule has 164 valence electrons. The molecule has 5 nitrogen and oxygen atoms in total. The highest BCUT2D eigenvalue weighted by Gasteiger charge is 2.31. The molecule has 0 aliphatic carbocycles. The topological polar surface area (TPSA) is 67.1 Å². The average molecular weight is 470 g/mol. The minimum absolute atomic E-state index is 0.00906. The lowest BCUT2D eigenvalue weighted by Gasteiger charge is -2.12. The number of hydrogen-bond acceptors (Lipinski definition) is 4. The van der Waals surface area contributed by atoms with Gasteiger partial charge in [-0.05, 0) is 30.7 Å². The van der Waals surface area contributed by atoms with Gasteiger partial charge in [0.2, 0.25) is 5.91 Å². The predicted octanol–water partition coefficient (Wildman–Crippen LogP) is 5.14. The van der Waals surface area contributed by atoms with E-state index in [1.807, 2.05) is 35.8 Å². The van der Waals surface area contributed by atoms with Gasteiger partial charge in [-0.25, -0.2) is 4.98 Å². The van der Waals surface area contributed by atoms with Crippen LogP contribution in [0, 0.1) is 6.92 Å². The van der Waals surface area contributed by atoms with E-state index in [1.165, 1.54) is 0 Å². The fourth-order valence-electron chi connectivity index (χ4n) is 2.76. The van der Waals surface area contributed by atoms with Crippen molar-refractivity contribution >= 4 is 35.0 Å². The van der Waals surface area contributed by atoms with Gasteiger partial charge in [-0.1, -0.05) is 53.2 Å². The first-order valence-electron chi connectivity index (χ1n) is 9.17. The molecular formula is C21H19ClF3N3O2S. The highest BCUT2D eigenvalue weighted by atomic mass is 35.5. The largest absolute Gasteiger partial charge is 0.416 e. The van der Waals surface area contributed by atoms with Gasteiger partial charge < -0.3 is 15.0 Å². The van der Waals surface area contributed by atoms with Crippen molar-refractivity contribution in [3.8, 4) is 0 Å². The quantitative estimate of drug-likeness (QED) is 0.470. The van der Waals surface area contributed by atoms with E-state index in [0.29, 0.717) is 17.4 Å². The van der Waals surface area contributed by atoms with Crippen LogP contribution in [0.1, 0.15) is 22.4 Å². The molecule has 0 radical (unpaired) electrons. The lowest BCUT2D eigenvalue weighted by atomic mass is 10.1. The molecular weight excluding hydrogens is 451 g/mol. The third kappa shape index (κ3) is 6.25. The molecule has 1 heterocycles. The number of amides is 1. The maximum absolute atomic E-state index is 12.9. The Labute approximate surface area is 186 Å². The number of carbonyl (C=O) groups is 1. The number of imidazole rings is 1. The van der Waals surface area contributed by atoms with E-state index in [0.717, 1.165) is 41.1 Å². The molecule has 0 unspecified atom stereocenters. The first kappa shape index (κ1) is 23.2. The average Bonchev–Trinajstić information content (AvgIpc) is 3.11. The van der Waals surface area contributed by atoms with Crippen molar-refractivity contribution in [3.05, 3.63) is 76.1 Å². The van der Waals surface area contributed by atoms with Crippen molar-refractivity contribution in [1.29, 1.82) is 0 Å². The van der Waals surface area contributed by atoms with Gasteiger partial charge in [-0.2, -0.15) is 13.2 Å². The van der Waals surface area contributed by atoms with Gasteiger partial charge in [0.15, 0.2) is 5.16 Å². The summed E-state index contributed by atoms with van der Waals surface area (Å²) in [7, 11) is 0. The number of halogens is 4. The molecule has 1 aromatic heterocycles. The Bertz CT molecular complexity index is 1070. The molecule has 0 aliphatic heterocycles. The number of aromatic nitrogens is 2. The molecule has 31 heavy (non-hydrogen) atoms. The number of aryl methyl sites for hydroxylation is 1. The minimum atomic E-state index is -4.54. The molecule has 0 aliphatic rings. The summed E-state index contributed by atoms with van der Waals surface area (Å²) in [5.74, 6) is -0.621. The Hall–Kier alpha value is -2.49. The van der Waals surface area contributed by atoms with Crippen LogP contribution in [0.15, 0.2) is 53.8 Å². The Morgan fingerprint density at radius 2 is 1.94 bits per heavy atom. The van der Waals surface area contributed by atoms with E-state index in [9.17, 15) is 23.1 Å². The third-order valence-corrected chi connectivity index (χ3v) is 5.65. The molecule has 3 aromatic rings. The molecule has 3 rings (SSSR count). The minimum Gasteiger partial charge on any atom is -0.390 e. The second-order valence-corrected chi connectivity index (χ2v) is 8.17.